The number of nitrogens with one attached hydrogen (secondary N) is 3. The smallest absolute Gasteiger partial charge is 0.191 e. The number of methoxy groups -OCH3 is 2. The van der Waals surface area contributed by atoms with Gasteiger partial charge < -0.3 is 30.2 Å². The van der Waals surface area contributed by atoms with Gasteiger partial charge in [0.2, 0.25) is 0 Å². The minimum atomic E-state index is -0.886. The molecule has 1 unspecified atom stereocenters. The van der Waals surface area contributed by atoms with Gasteiger partial charge in [-0.15, -0.1) is 0 Å². The van der Waals surface area contributed by atoms with Gasteiger partial charge >= 0.3 is 0 Å². The van der Waals surface area contributed by atoms with Crippen molar-refractivity contribution in [2.24, 2.45) is 0 Å². The summed E-state index contributed by atoms with van der Waals surface area (Å²) in [6.07, 6.45) is 1.70. The molecule has 0 aliphatic rings. The van der Waals surface area contributed by atoms with Crippen LogP contribution in [0, 0.1) is 12.7 Å². The summed E-state index contributed by atoms with van der Waals surface area (Å²) < 4.78 is 24.8. The van der Waals surface area contributed by atoms with Crippen molar-refractivity contribution in [3.05, 3.63) is 83.3 Å². The SMILES string of the molecule is COc1cc(NCCO)cc(NC(C(=O)c2c[nH]c3c(C)cccc23)c2ccc(F)cc2OC)c1. The predicted molar refractivity (Wildman–Crippen MR) is 135 cm³/mol. The molecule has 0 spiro atoms. The molecule has 1 aromatic heterocycles. The number of hydrogen-bond donors (Lipinski definition) is 4. The molecule has 0 aliphatic heterocycles. The highest BCUT2D eigenvalue weighted by Gasteiger charge is 2.28. The summed E-state index contributed by atoms with van der Waals surface area (Å²) in [5, 5.41) is 16.4. The quantitative estimate of drug-likeness (QED) is 0.238. The topological polar surface area (TPSA) is 95.6 Å². The van der Waals surface area contributed by atoms with Gasteiger partial charge in [-0.2, -0.15) is 0 Å². The molecule has 1 heterocycles. The van der Waals surface area contributed by atoms with Crippen LogP contribution in [0.5, 0.6) is 11.5 Å². The van der Waals surface area contributed by atoms with Crippen LogP contribution in [0.4, 0.5) is 15.8 Å². The maximum absolute atomic E-state index is 14.0. The van der Waals surface area contributed by atoms with E-state index in [1.807, 2.05) is 31.2 Å². The third-order valence-electron chi connectivity index (χ3n) is 5.85. The summed E-state index contributed by atoms with van der Waals surface area (Å²) in [6, 6.07) is 14.4. The number of para-hydroxylation sites is 1. The number of Topliss-reactive ketones (excluding diaryl/α,β-unsaturated/α-hetero) is 1. The molecule has 4 aromatic rings. The first-order valence-electron chi connectivity index (χ1n) is 11.2. The number of H-pyrrole nitrogens is 1. The van der Waals surface area contributed by atoms with Crippen LogP contribution >= 0.6 is 0 Å². The molecule has 0 saturated carbocycles. The minimum Gasteiger partial charge on any atom is -0.497 e. The van der Waals surface area contributed by atoms with Gasteiger partial charge in [0, 0.05) is 64.3 Å². The first-order valence-corrected chi connectivity index (χ1v) is 11.2. The Kier molecular flexibility index (Phi) is 7.22. The number of aliphatic hydroxyl groups excluding tert-OH is 1. The fourth-order valence-corrected chi connectivity index (χ4v) is 4.14. The zero-order valence-corrected chi connectivity index (χ0v) is 19.8. The van der Waals surface area contributed by atoms with Gasteiger partial charge in [-0.1, -0.05) is 18.2 Å². The lowest BCUT2D eigenvalue weighted by Crippen LogP contribution is -2.22. The lowest BCUT2D eigenvalue weighted by Gasteiger charge is -2.22. The molecule has 0 fully saturated rings. The fraction of sp³-hybridized carbons (Fsp3) is 0.222. The number of benzene rings is 3. The molecule has 182 valence electrons. The Morgan fingerprint density at radius 2 is 1.89 bits per heavy atom. The highest BCUT2D eigenvalue weighted by molar-refractivity contribution is 6.12. The van der Waals surface area contributed by atoms with E-state index in [1.54, 1.807) is 31.5 Å². The number of halogens is 1. The number of aliphatic hydroxyl groups is 1. The zero-order chi connectivity index (χ0) is 24.9. The molecule has 0 bridgehead atoms. The molecule has 4 N–H and O–H groups in total. The number of hydrogen-bond acceptors (Lipinski definition) is 6. The highest BCUT2D eigenvalue weighted by atomic mass is 19.1. The molecule has 4 rings (SSSR count). The van der Waals surface area contributed by atoms with E-state index in [0.717, 1.165) is 16.5 Å². The largest absolute Gasteiger partial charge is 0.497 e. The van der Waals surface area contributed by atoms with Crippen molar-refractivity contribution in [2.75, 3.05) is 38.0 Å². The highest BCUT2D eigenvalue weighted by Crippen LogP contribution is 2.35. The van der Waals surface area contributed by atoms with Crippen LogP contribution in [0.15, 0.2) is 60.8 Å². The Hall–Kier alpha value is -4.04. The molecule has 0 amide bonds. The number of rotatable bonds is 10. The molecule has 35 heavy (non-hydrogen) atoms. The van der Waals surface area contributed by atoms with Gasteiger partial charge in [-0.3, -0.25) is 4.79 Å². The van der Waals surface area contributed by atoms with E-state index in [1.165, 1.54) is 19.2 Å². The van der Waals surface area contributed by atoms with Gasteiger partial charge in [-0.25, -0.2) is 4.39 Å². The van der Waals surface area contributed by atoms with Crippen LogP contribution in [0.2, 0.25) is 0 Å². The lowest BCUT2D eigenvalue weighted by molar-refractivity contribution is 0.0970. The summed E-state index contributed by atoms with van der Waals surface area (Å²) in [5.74, 6) is 0.152. The normalized spacial score (nSPS) is 11.8. The van der Waals surface area contributed by atoms with Crippen LogP contribution in [0.25, 0.3) is 10.9 Å². The van der Waals surface area contributed by atoms with E-state index in [2.05, 4.69) is 15.6 Å². The van der Waals surface area contributed by atoms with Crippen molar-refractivity contribution >= 4 is 28.1 Å². The van der Waals surface area contributed by atoms with Crippen LogP contribution in [0.1, 0.15) is 27.5 Å². The van der Waals surface area contributed by atoms with Gasteiger partial charge in [0.15, 0.2) is 5.78 Å². The van der Waals surface area contributed by atoms with Crippen molar-refractivity contribution < 1.29 is 23.8 Å². The number of ketones is 1. The molecular weight excluding hydrogens is 449 g/mol. The zero-order valence-electron chi connectivity index (χ0n) is 19.8. The Morgan fingerprint density at radius 1 is 1.09 bits per heavy atom. The average Bonchev–Trinajstić information content (AvgIpc) is 3.31. The van der Waals surface area contributed by atoms with Gasteiger partial charge in [-0.05, 0) is 30.7 Å². The second kappa shape index (κ2) is 10.5. The van der Waals surface area contributed by atoms with E-state index in [9.17, 15) is 14.3 Å². The fourth-order valence-electron chi connectivity index (χ4n) is 4.14. The van der Waals surface area contributed by atoms with Crippen molar-refractivity contribution in [2.45, 2.75) is 13.0 Å². The summed E-state index contributed by atoms with van der Waals surface area (Å²) >= 11 is 0. The number of carbonyl (C=O) groups excluding carboxylic acids is 1. The summed E-state index contributed by atoms with van der Waals surface area (Å²) in [5.41, 5.74) is 4.23. The number of aryl methyl sites for hydroxylation is 1. The Balaban J connectivity index is 1.81. The monoisotopic (exact) mass is 477 g/mol. The Bertz CT molecular complexity index is 1350. The van der Waals surface area contributed by atoms with E-state index in [4.69, 9.17) is 9.47 Å². The van der Waals surface area contributed by atoms with Crippen LogP contribution < -0.4 is 20.1 Å². The number of anilines is 2. The third-order valence-corrected chi connectivity index (χ3v) is 5.85. The second-order valence-corrected chi connectivity index (χ2v) is 8.13. The van der Waals surface area contributed by atoms with Crippen LogP contribution in [-0.4, -0.2) is 43.2 Å². The predicted octanol–water partition coefficient (Wildman–Crippen LogP) is 5.07. The van der Waals surface area contributed by atoms with E-state index >= 15 is 0 Å². The molecule has 0 saturated heterocycles. The number of aromatic amines is 1. The molecule has 8 heteroatoms. The van der Waals surface area contributed by atoms with Gasteiger partial charge in [0.05, 0.1) is 20.8 Å². The number of fused-ring (bicyclic) bond motifs is 1. The summed E-state index contributed by atoms with van der Waals surface area (Å²) in [4.78, 5) is 17.2. The maximum Gasteiger partial charge on any atom is 0.191 e. The van der Waals surface area contributed by atoms with Crippen molar-refractivity contribution in [3.63, 3.8) is 0 Å². The van der Waals surface area contributed by atoms with E-state index in [0.29, 0.717) is 34.8 Å². The van der Waals surface area contributed by atoms with E-state index in [-0.39, 0.29) is 18.1 Å². The van der Waals surface area contributed by atoms with E-state index < -0.39 is 11.9 Å². The first-order chi connectivity index (χ1) is 16.9. The van der Waals surface area contributed by atoms with Gasteiger partial charge in [0.25, 0.3) is 0 Å². The Morgan fingerprint density at radius 3 is 2.63 bits per heavy atom. The van der Waals surface area contributed by atoms with Crippen molar-refractivity contribution in [3.8, 4) is 11.5 Å². The molecular formula is C27H28FN3O4. The molecule has 7 nitrogen and oxygen atoms in total. The maximum atomic E-state index is 14.0. The number of ether oxygens (including phenoxy) is 2. The average molecular weight is 478 g/mol. The Labute approximate surface area is 202 Å². The molecule has 0 aliphatic carbocycles. The number of carbonyl (C=O) groups is 1. The molecule has 1 atom stereocenters. The summed E-state index contributed by atoms with van der Waals surface area (Å²) in [6.45, 7) is 2.30. The standard InChI is InChI=1S/C27H28FN3O4/c1-16-5-4-6-21-23(15-30-25(16)21)27(33)26(22-8-7-17(28)11-24(22)35-3)31-19-12-18(29-9-10-32)13-20(14-19)34-2/h4-8,11-15,26,29-32H,9-10H2,1-3H3. The third kappa shape index (κ3) is 5.07. The van der Waals surface area contributed by atoms with Crippen LogP contribution in [-0.2, 0) is 0 Å². The molecule has 0 radical (unpaired) electrons. The minimum absolute atomic E-state index is 0.0339. The van der Waals surface area contributed by atoms with Crippen molar-refractivity contribution in [1.82, 2.24) is 4.98 Å². The second-order valence-electron chi connectivity index (χ2n) is 8.13. The lowest BCUT2D eigenvalue weighted by atomic mass is 9.95. The van der Waals surface area contributed by atoms with Crippen LogP contribution in [0.3, 0.4) is 0 Å². The first kappa shape index (κ1) is 24.1. The summed E-state index contributed by atoms with van der Waals surface area (Å²) in [7, 11) is 2.99. The van der Waals surface area contributed by atoms with Crippen molar-refractivity contribution in [1.29, 1.82) is 0 Å². The molecule has 3 aromatic carbocycles. The van der Waals surface area contributed by atoms with Gasteiger partial charge in [0.1, 0.15) is 23.4 Å². The number of aromatic nitrogens is 1.